The molecule has 2 rings (SSSR count). The van der Waals surface area contributed by atoms with Crippen molar-refractivity contribution in [3.8, 4) is 5.75 Å². The molecule has 0 saturated heterocycles. The molecule has 0 bridgehead atoms. The predicted molar refractivity (Wildman–Crippen MR) is 85.4 cm³/mol. The molecule has 1 aromatic rings. The minimum absolute atomic E-state index is 0.700. The summed E-state index contributed by atoms with van der Waals surface area (Å²) in [4.78, 5) is 0. The predicted octanol–water partition coefficient (Wildman–Crippen LogP) is 4.21. The van der Waals surface area contributed by atoms with Crippen LogP contribution in [0.4, 0.5) is 0 Å². The van der Waals surface area contributed by atoms with Crippen LogP contribution in [-0.4, -0.2) is 20.2 Å². The number of benzene rings is 1. The minimum Gasteiger partial charge on any atom is -0.494 e. The maximum absolute atomic E-state index is 5.68. The molecule has 3 unspecified atom stereocenters. The SMILES string of the molecule is CCCOc1ccc(C2CC(C)CCC2CNC)cc1. The molecule has 112 valence electrons. The molecule has 1 saturated carbocycles. The number of hydrogen-bond donors (Lipinski definition) is 1. The zero-order valence-electron chi connectivity index (χ0n) is 13.2. The van der Waals surface area contributed by atoms with Crippen molar-refractivity contribution in [2.75, 3.05) is 20.2 Å². The van der Waals surface area contributed by atoms with E-state index in [1.807, 2.05) is 0 Å². The molecule has 1 fully saturated rings. The Labute approximate surface area is 123 Å². The average Bonchev–Trinajstić information content (AvgIpc) is 2.48. The van der Waals surface area contributed by atoms with E-state index in [1.165, 1.54) is 24.8 Å². The molecule has 20 heavy (non-hydrogen) atoms. The van der Waals surface area contributed by atoms with Crippen LogP contribution in [0.5, 0.6) is 5.75 Å². The second kappa shape index (κ2) is 7.68. The van der Waals surface area contributed by atoms with Gasteiger partial charge in [-0.15, -0.1) is 0 Å². The van der Waals surface area contributed by atoms with Crippen molar-refractivity contribution in [3.63, 3.8) is 0 Å². The fourth-order valence-corrected chi connectivity index (χ4v) is 3.39. The molecule has 3 atom stereocenters. The molecule has 1 aromatic carbocycles. The van der Waals surface area contributed by atoms with Crippen molar-refractivity contribution in [3.05, 3.63) is 29.8 Å². The summed E-state index contributed by atoms with van der Waals surface area (Å²) in [6, 6.07) is 8.83. The second-order valence-corrected chi connectivity index (χ2v) is 6.26. The smallest absolute Gasteiger partial charge is 0.119 e. The van der Waals surface area contributed by atoms with Crippen molar-refractivity contribution in [1.82, 2.24) is 5.32 Å². The highest BCUT2D eigenvalue weighted by atomic mass is 16.5. The van der Waals surface area contributed by atoms with Gasteiger partial charge in [0.2, 0.25) is 0 Å². The largest absolute Gasteiger partial charge is 0.494 e. The fourth-order valence-electron chi connectivity index (χ4n) is 3.39. The van der Waals surface area contributed by atoms with Crippen molar-refractivity contribution >= 4 is 0 Å². The van der Waals surface area contributed by atoms with Crippen LogP contribution in [0.15, 0.2) is 24.3 Å². The summed E-state index contributed by atoms with van der Waals surface area (Å²) >= 11 is 0. The van der Waals surface area contributed by atoms with Crippen LogP contribution in [0.1, 0.15) is 51.0 Å². The first-order valence-electron chi connectivity index (χ1n) is 8.12. The van der Waals surface area contributed by atoms with Gasteiger partial charge in [-0.3, -0.25) is 0 Å². The van der Waals surface area contributed by atoms with E-state index >= 15 is 0 Å². The van der Waals surface area contributed by atoms with Crippen molar-refractivity contribution in [2.24, 2.45) is 11.8 Å². The summed E-state index contributed by atoms with van der Waals surface area (Å²) in [7, 11) is 2.07. The number of nitrogens with one attached hydrogen (secondary N) is 1. The molecule has 0 radical (unpaired) electrons. The molecule has 0 aliphatic heterocycles. The van der Waals surface area contributed by atoms with Gasteiger partial charge in [-0.2, -0.15) is 0 Å². The Morgan fingerprint density at radius 3 is 2.60 bits per heavy atom. The molecule has 1 aliphatic carbocycles. The molecular weight excluding hydrogens is 246 g/mol. The van der Waals surface area contributed by atoms with Gasteiger partial charge in [0.15, 0.2) is 0 Å². The zero-order chi connectivity index (χ0) is 14.4. The molecule has 2 heteroatoms. The maximum atomic E-state index is 5.68. The van der Waals surface area contributed by atoms with Crippen molar-refractivity contribution in [2.45, 2.75) is 45.4 Å². The third kappa shape index (κ3) is 3.99. The summed E-state index contributed by atoms with van der Waals surface area (Å²) in [5.41, 5.74) is 1.49. The number of rotatable bonds is 6. The van der Waals surface area contributed by atoms with Crippen LogP contribution in [-0.2, 0) is 0 Å². The summed E-state index contributed by atoms with van der Waals surface area (Å²) < 4.78 is 5.68. The summed E-state index contributed by atoms with van der Waals surface area (Å²) in [5.74, 6) is 3.33. The summed E-state index contributed by atoms with van der Waals surface area (Å²) in [5, 5.41) is 3.37. The monoisotopic (exact) mass is 275 g/mol. The minimum atomic E-state index is 0.700. The van der Waals surface area contributed by atoms with E-state index < -0.39 is 0 Å². The topological polar surface area (TPSA) is 21.3 Å². The van der Waals surface area contributed by atoms with Gasteiger partial charge < -0.3 is 10.1 Å². The Bertz CT molecular complexity index is 387. The van der Waals surface area contributed by atoms with Crippen LogP contribution in [0.3, 0.4) is 0 Å². The van der Waals surface area contributed by atoms with Gasteiger partial charge in [0.25, 0.3) is 0 Å². The highest BCUT2D eigenvalue weighted by molar-refractivity contribution is 5.30. The molecule has 0 amide bonds. The standard InChI is InChI=1S/C18H29NO/c1-4-11-20-17-9-7-15(8-10-17)18-12-14(2)5-6-16(18)13-19-3/h7-10,14,16,18-19H,4-6,11-13H2,1-3H3. The lowest BCUT2D eigenvalue weighted by Crippen LogP contribution is -2.29. The first kappa shape index (κ1) is 15.4. The van der Waals surface area contributed by atoms with E-state index in [2.05, 4.69) is 50.5 Å². The average molecular weight is 275 g/mol. The quantitative estimate of drug-likeness (QED) is 0.839. The van der Waals surface area contributed by atoms with Gasteiger partial charge in [-0.1, -0.05) is 32.4 Å². The van der Waals surface area contributed by atoms with Gasteiger partial charge in [-0.05, 0) is 68.3 Å². The highest BCUT2D eigenvalue weighted by Crippen LogP contribution is 2.40. The third-order valence-corrected chi connectivity index (χ3v) is 4.50. The first-order valence-corrected chi connectivity index (χ1v) is 8.12. The van der Waals surface area contributed by atoms with E-state index in [-0.39, 0.29) is 0 Å². The lowest BCUT2D eigenvalue weighted by Gasteiger charge is -2.35. The fraction of sp³-hybridized carbons (Fsp3) is 0.667. The van der Waals surface area contributed by atoms with E-state index in [9.17, 15) is 0 Å². The third-order valence-electron chi connectivity index (χ3n) is 4.50. The normalized spacial score (nSPS) is 26.4. The summed E-state index contributed by atoms with van der Waals surface area (Å²) in [6.45, 7) is 6.47. The number of hydrogen-bond acceptors (Lipinski definition) is 2. The van der Waals surface area contributed by atoms with Crippen LogP contribution in [0.2, 0.25) is 0 Å². The van der Waals surface area contributed by atoms with Gasteiger partial charge in [0.05, 0.1) is 6.61 Å². The number of ether oxygens (including phenoxy) is 1. The Balaban J connectivity index is 2.06. The molecule has 0 aromatic heterocycles. The van der Waals surface area contributed by atoms with Crippen molar-refractivity contribution < 1.29 is 4.74 Å². The van der Waals surface area contributed by atoms with E-state index in [1.54, 1.807) is 0 Å². The lowest BCUT2D eigenvalue weighted by atomic mass is 9.71. The molecule has 1 aliphatic rings. The van der Waals surface area contributed by atoms with Gasteiger partial charge in [0.1, 0.15) is 5.75 Å². The van der Waals surface area contributed by atoms with Crippen LogP contribution in [0.25, 0.3) is 0 Å². The van der Waals surface area contributed by atoms with Crippen molar-refractivity contribution in [1.29, 1.82) is 0 Å². The second-order valence-electron chi connectivity index (χ2n) is 6.26. The van der Waals surface area contributed by atoms with E-state index in [4.69, 9.17) is 4.74 Å². The Hall–Kier alpha value is -1.02. The first-order chi connectivity index (χ1) is 9.74. The van der Waals surface area contributed by atoms with Crippen LogP contribution in [0, 0.1) is 11.8 Å². The lowest BCUT2D eigenvalue weighted by molar-refractivity contribution is 0.245. The molecular formula is C18H29NO. The maximum Gasteiger partial charge on any atom is 0.119 e. The van der Waals surface area contributed by atoms with Crippen LogP contribution >= 0.6 is 0 Å². The van der Waals surface area contributed by atoms with E-state index in [0.29, 0.717) is 5.92 Å². The summed E-state index contributed by atoms with van der Waals surface area (Å²) in [6.07, 6.45) is 5.11. The molecule has 0 heterocycles. The van der Waals surface area contributed by atoms with E-state index in [0.717, 1.165) is 37.2 Å². The Morgan fingerprint density at radius 1 is 1.20 bits per heavy atom. The Morgan fingerprint density at radius 2 is 1.95 bits per heavy atom. The van der Waals surface area contributed by atoms with Gasteiger partial charge in [-0.25, -0.2) is 0 Å². The van der Waals surface area contributed by atoms with Crippen LogP contribution < -0.4 is 10.1 Å². The molecule has 1 N–H and O–H groups in total. The molecule has 0 spiro atoms. The van der Waals surface area contributed by atoms with Gasteiger partial charge in [0, 0.05) is 0 Å². The zero-order valence-corrected chi connectivity index (χ0v) is 13.2. The molecule has 2 nitrogen and oxygen atoms in total. The Kier molecular flexibility index (Phi) is 5.90. The highest BCUT2D eigenvalue weighted by Gasteiger charge is 2.29. The van der Waals surface area contributed by atoms with Gasteiger partial charge >= 0.3 is 0 Å².